The van der Waals surface area contributed by atoms with Crippen molar-refractivity contribution in [3.05, 3.63) is 46.3 Å². The number of aromatic hydroxyl groups is 1. The van der Waals surface area contributed by atoms with Crippen LogP contribution in [-0.4, -0.2) is 9.67 Å². The Hall–Kier alpha value is -2.41. The fourth-order valence-electron chi connectivity index (χ4n) is 2.27. The van der Waals surface area contributed by atoms with E-state index >= 15 is 0 Å². The Morgan fingerprint density at radius 3 is 2.60 bits per heavy atom. The zero-order valence-electron chi connectivity index (χ0n) is 12.3. The number of phenolic OH excluding ortho intramolecular Hbond substituents is 1. The Bertz CT molecular complexity index is 693. The predicted molar refractivity (Wildman–Crippen MR) is 79.8 cm³/mol. The molecule has 2 aromatic rings. The lowest BCUT2D eigenvalue weighted by molar-refractivity contribution is 0.467. The third-order valence-electron chi connectivity index (χ3n) is 3.86. The van der Waals surface area contributed by atoms with Gasteiger partial charge < -0.3 is 15.0 Å². The average Bonchev–Trinajstić information content (AvgIpc) is 2.71. The van der Waals surface area contributed by atoms with E-state index in [2.05, 4.69) is 11.4 Å². The lowest BCUT2D eigenvalue weighted by atomic mass is 10.1. The summed E-state index contributed by atoms with van der Waals surface area (Å²) in [5.74, 6) is 0.331. The summed E-state index contributed by atoms with van der Waals surface area (Å²) in [6.45, 7) is 6.40. The van der Waals surface area contributed by atoms with E-state index in [9.17, 15) is 5.11 Å². The molecule has 0 atom stereocenters. The highest BCUT2D eigenvalue weighted by molar-refractivity contribution is 5.59. The lowest BCUT2D eigenvalue weighted by Crippen LogP contribution is -2.03. The van der Waals surface area contributed by atoms with E-state index in [0.29, 0.717) is 18.0 Å². The number of hydrogen-bond acceptors (Lipinski definition) is 3. The van der Waals surface area contributed by atoms with Crippen molar-refractivity contribution in [3.63, 3.8) is 0 Å². The topological polar surface area (TPSA) is 61.0 Å². The van der Waals surface area contributed by atoms with Gasteiger partial charge in [-0.1, -0.05) is 6.07 Å². The molecule has 0 bridgehead atoms. The fourth-order valence-corrected chi connectivity index (χ4v) is 2.27. The minimum absolute atomic E-state index is 0.331. The minimum atomic E-state index is 0.331. The van der Waals surface area contributed by atoms with E-state index < -0.39 is 0 Å². The van der Waals surface area contributed by atoms with Crippen molar-refractivity contribution in [1.29, 1.82) is 5.26 Å². The molecule has 0 spiro atoms. The highest BCUT2D eigenvalue weighted by Gasteiger charge is 2.10. The van der Waals surface area contributed by atoms with Crippen LogP contribution in [0.5, 0.6) is 5.75 Å². The number of phenols is 1. The second-order valence-corrected chi connectivity index (χ2v) is 5.07. The molecule has 1 aromatic heterocycles. The molecule has 20 heavy (non-hydrogen) atoms. The van der Waals surface area contributed by atoms with E-state index in [0.717, 1.165) is 28.1 Å². The van der Waals surface area contributed by atoms with Gasteiger partial charge in [0.2, 0.25) is 0 Å². The van der Waals surface area contributed by atoms with Crippen LogP contribution >= 0.6 is 0 Å². The summed E-state index contributed by atoms with van der Waals surface area (Å²) < 4.78 is 1.89. The van der Waals surface area contributed by atoms with Crippen LogP contribution in [0.1, 0.15) is 28.1 Å². The van der Waals surface area contributed by atoms with Gasteiger partial charge in [-0.3, -0.25) is 0 Å². The first-order valence-electron chi connectivity index (χ1n) is 6.54. The van der Waals surface area contributed by atoms with Gasteiger partial charge in [0.1, 0.15) is 17.5 Å². The van der Waals surface area contributed by atoms with Crippen molar-refractivity contribution >= 4 is 5.69 Å². The molecule has 0 radical (unpaired) electrons. The Balaban J connectivity index is 2.22. The van der Waals surface area contributed by atoms with Crippen LogP contribution in [0.15, 0.2) is 18.2 Å². The number of nitrogens with one attached hydrogen (secondary N) is 1. The first kappa shape index (κ1) is 14.0. The van der Waals surface area contributed by atoms with Crippen LogP contribution in [-0.2, 0) is 13.6 Å². The van der Waals surface area contributed by atoms with Crippen LogP contribution in [0.4, 0.5) is 5.69 Å². The van der Waals surface area contributed by atoms with Crippen molar-refractivity contribution < 1.29 is 5.11 Å². The van der Waals surface area contributed by atoms with Crippen molar-refractivity contribution in [2.24, 2.45) is 7.05 Å². The molecule has 0 saturated carbocycles. The first-order chi connectivity index (χ1) is 9.45. The summed E-state index contributed by atoms with van der Waals surface area (Å²) in [5, 5.41) is 22.3. The van der Waals surface area contributed by atoms with Gasteiger partial charge in [0.15, 0.2) is 0 Å². The van der Waals surface area contributed by atoms with E-state index in [1.807, 2.05) is 50.6 Å². The number of benzene rings is 1. The van der Waals surface area contributed by atoms with Gasteiger partial charge in [0.05, 0.1) is 0 Å². The first-order valence-corrected chi connectivity index (χ1v) is 6.54. The SMILES string of the molecule is Cc1ccc(NCc2cc(C#N)n(C)c2C)c(C)c1O. The van der Waals surface area contributed by atoms with Crippen LogP contribution in [0.25, 0.3) is 0 Å². The van der Waals surface area contributed by atoms with Crippen LogP contribution in [0.3, 0.4) is 0 Å². The fraction of sp³-hybridized carbons (Fsp3) is 0.312. The molecule has 1 aromatic carbocycles. The van der Waals surface area contributed by atoms with E-state index in [-0.39, 0.29) is 0 Å². The summed E-state index contributed by atoms with van der Waals surface area (Å²) in [5.41, 5.74) is 5.44. The third-order valence-corrected chi connectivity index (χ3v) is 3.86. The van der Waals surface area contributed by atoms with Gasteiger partial charge in [-0.25, -0.2) is 0 Å². The molecule has 2 rings (SSSR count). The summed E-state index contributed by atoms with van der Waals surface area (Å²) in [6.07, 6.45) is 0. The number of aryl methyl sites for hydroxylation is 1. The van der Waals surface area contributed by atoms with Gasteiger partial charge >= 0.3 is 0 Å². The maximum atomic E-state index is 9.94. The molecule has 4 heteroatoms. The van der Waals surface area contributed by atoms with Crippen molar-refractivity contribution in [1.82, 2.24) is 4.57 Å². The minimum Gasteiger partial charge on any atom is -0.507 e. The molecule has 0 amide bonds. The maximum Gasteiger partial charge on any atom is 0.123 e. The van der Waals surface area contributed by atoms with Crippen molar-refractivity contribution in [3.8, 4) is 11.8 Å². The molecular formula is C16H19N3O. The Labute approximate surface area is 119 Å². The number of hydrogen-bond donors (Lipinski definition) is 2. The smallest absolute Gasteiger partial charge is 0.123 e. The number of anilines is 1. The van der Waals surface area contributed by atoms with Crippen molar-refractivity contribution in [2.75, 3.05) is 5.32 Å². The maximum absolute atomic E-state index is 9.94. The van der Waals surface area contributed by atoms with Gasteiger partial charge in [0.25, 0.3) is 0 Å². The number of nitrogens with zero attached hydrogens (tertiary/aromatic N) is 2. The molecule has 1 heterocycles. The standard InChI is InChI=1S/C16H19N3O/c1-10-5-6-15(11(2)16(10)20)18-9-13-7-14(8-17)19(4)12(13)3/h5-7,18,20H,9H2,1-4H3. The summed E-state index contributed by atoms with van der Waals surface area (Å²) in [6, 6.07) is 7.93. The molecule has 0 unspecified atom stereocenters. The summed E-state index contributed by atoms with van der Waals surface area (Å²) in [4.78, 5) is 0. The zero-order chi connectivity index (χ0) is 14.9. The highest BCUT2D eigenvalue weighted by Crippen LogP contribution is 2.28. The number of aromatic nitrogens is 1. The molecular weight excluding hydrogens is 250 g/mol. The van der Waals surface area contributed by atoms with Crippen molar-refractivity contribution in [2.45, 2.75) is 27.3 Å². The van der Waals surface area contributed by atoms with Crippen LogP contribution < -0.4 is 5.32 Å². The molecule has 4 nitrogen and oxygen atoms in total. The highest BCUT2D eigenvalue weighted by atomic mass is 16.3. The molecule has 0 aliphatic carbocycles. The quantitative estimate of drug-likeness (QED) is 0.899. The van der Waals surface area contributed by atoms with Crippen LogP contribution in [0.2, 0.25) is 0 Å². The van der Waals surface area contributed by atoms with Gasteiger partial charge in [-0.05, 0) is 44.0 Å². The zero-order valence-corrected chi connectivity index (χ0v) is 12.3. The van der Waals surface area contributed by atoms with E-state index in [4.69, 9.17) is 5.26 Å². The second-order valence-electron chi connectivity index (χ2n) is 5.07. The van der Waals surface area contributed by atoms with Gasteiger partial charge in [-0.15, -0.1) is 0 Å². The monoisotopic (exact) mass is 269 g/mol. The van der Waals surface area contributed by atoms with E-state index in [1.54, 1.807) is 0 Å². The van der Waals surface area contributed by atoms with Gasteiger partial charge in [-0.2, -0.15) is 5.26 Å². The Kier molecular flexibility index (Phi) is 3.71. The molecule has 0 aliphatic heterocycles. The lowest BCUT2D eigenvalue weighted by Gasteiger charge is -2.12. The third kappa shape index (κ3) is 2.35. The largest absolute Gasteiger partial charge is 0.507 e. The molecule has 0 aliphatic rings. The average molecular weight is 269 g/mol. The number of nitriles is 1. The second kappa shape index (κ2) is 5.30. The normalized spacial score (nSPS) is 10.3. The molecule has 104 valence electrons. The number of rotatable bonds is 3. The summed E-state index contributed by atoms with van der Waals surface area (Å²) >= 11 is 0. The predicted octanol–water partition coefficient (Wildman–Crippen LogP) is 3.14. The van der Waals surface area contributed by atoms with Crippen LogP contribution in [0, 0.1) is 32.1 Å². The van der Waals surface area contributed by atoms with Gasteiger partial charge in [0, 0.05) is 30.5 Å². The molecule has 2 N–H and O–H groups in total. The van der Waals surface area contributed by atoms with E-state index in [1.165, 1.54) is 0 Å². The summed E-state index contributed by atoms with van der Waals surface area (Å²) in [7, 11) is 1.89. The Morgan fingerprint density at radius 1 is 1.30 bits per heavy atom. The molecule has 0 saturated heterocycles. The molecule has 0 fully saturated rings. The Morgan fingerprint density at radius 2 is 2.00 bits per heavy atom.